The first-order chi connectivity index (χ1) is 16.1. The van der Waals surface area contributed by atoms with Crippen LogP contribution in [0.2, 0.25) is 0 Å². The average molecular weight is 465 g/mol. The number of hydrogen-bond acceptors (Lipinski definition) is 5. The molecule has 0 aliphatic carbocycles. The summed E-state index contributed by atoms with van der Waals surface area (Å²) in [6.07, 6.45) is 3.20. The number of nitrogens with zero attached hydrogens (tertiary/aromatic N) is 2. The summed E-state index contributed by atoms with van der Waals surface area (Å²) in [7, 11) is 1.50. The number of likely N-dealkylation sites (N-methyl/N-ethyl adjacent to an activating group) is 1. The minimum atomic E-state index is -1.10. The molecule has 180 valence electrons. The third-order valence-electron chi connectivity index (χ3n) is 5.80. The molecule has 0 saturated heterocycles. The first-order valence-corrected chi connectivity index (χ1v) is 11.2. The molecule has 0 radical (unpaired) electrons. The van der Waals surface area contributed by atoms with E-state index in [4.69, 9.17) is 0 Å². The van der Waals surface area contributed by atoms with Crippen molar-refractivity contribution in [3.63, 3.8) is 0 Å². The zero-order valence-corrected chi connectivity index (χ0v) is 20.0. The van der Waals surface area contributed by atoms with Crippen molar-refractivity contribution < 1.29 is 19.5 Å². The van der Waals surface area contributed by atoms with Crippen molar-refractivity contribution in [2.75, 3.05) is 18.6 Å². The molecular formula is C26H32N4O4. The van der Waals surface area contributed by atoms with Crippen LogP contribution in [0.25, 0.3) is 11.1 Å². The predicted molar refractivity (Wildman–Crippen MR) is 132 cm³/mol. The Morgan fingerprint density at radius 3 is 2.15 bits per heavy atom. The maximum atomic E-state index is 12.7. The van der Waals surface area contributed by atoms with Gasteiger partial charge in [0.2, 0.25) is 11.8 Å². The van der Waals surface area contributed by atoms with Crippen LogP contribution in [0, 0.1) is 5.41 Å². The van der Waals surface area contributed by atoms with Gasteiger partial charge in [-0.3, -0.25) is 9.59 Å². The molecule has 1 unspecified atom stereocenters. The molecule has 3 rings (SSSR count). The van der Waals surface area contributed by atoms with Gasteiger partial charge in [-0.25, -0.2) is 4.79 Å². The Labute approximate surface area is 200 Å². The van der Waals surface area contributed by atoms with E-state index >= 15 is 0 Å². The molecule has 8 heteroatoms. The minimum Gasteiger partial charge on any atom is -0.480 e. The lowest BCUT2D eigenvalue weighted by atomic mass is 9.86. The van der Waals surface area contributed by atoms with E-state index in [1.165, 1.54) is 7.05 Å². The van der Waals surface area contributed by atoms with E-state index in [0.29, 0.717) is 6.67 Å². The molecule has 0 spiro atoms. The molecule has 1 aliphatic heterocycles. The molecule has 2 amide bonds. The fourth-order valence-corrected chi connectivity index (χ4v) is 3.84. The highest BCUT2D eigenvalue weighted by Crippen LogP contribution is 2.26. The van der Waals surface area contributed by atoms with Crippen molar-refractivity contribution in [1.29, 1.82) is 0 Å². The van der Waals surface area contributed by atoms with Gasteiger partial charge in [-0.05, 0) is 28.7 Å². The van der Waals surface area contributed by atoms with E-state index < -0.39 is 29.4 Å². The lowest BCUT2D eigenvalue weighted by molar-refractivity contribution is -0.144. The van der Waals surface area contributed by atoms with Crippen molar-refractivity contribution in [2.24, 2.45) is 5.41 Å². The Hall–Kier alpha value is -3.81. The Bertz CT molecular complexity index is 1040. The van der Waals surface area contributed by atoms with Crippen LogP contribution in [0.15, 0.2) is 67.0 Å². The quantitative estimate of drug-likeness (QED) is 0.555. The number of amides is 2. The highest BCUT2D eigenvalue weighted by Gasteiger charge is 2.35. The van der Waals surface area contributed by atoms with E-state index in [1.807, 2.05) is 80.3 Å². The van der Waals surface area contributed by atoms with Crippen LogP contribution in [0.5, 0.6) is 0 Å². The molecule has 0 aromatic heterocycles. The summed E-state index contributed by atoms with van der Waals surface area (Å²) >= 11 is 0. The van der Waals surface area contributed by atoms with Gasteiger partial charge in [-0.1, -0.05) is 63.2 Å². The smallest absolute Gasteiger partial charge is 0.326 e. The molecule has 3 N–H and O–H groups in total. The second-order valence-corrected chi connectivity index (χ2v) is 9.38. The number of rotatable bonds is 8. The number of carbonyl (C=O) groups excluding carboxylic acids is 2. The normalized spacial score (nSPS) is 15.1. The molecule has 0 fully saturated rings. The number of carboxylic acids is 1. The van der Waals surface area contributed by atoms with Gasteiger partial charge in [0, 0.05) is 25.1 Å². The molecule has 1 heterocycles. The fourth-order valence-electron chi connectivity index (χ4n) is 3.84. The molecule has 2 aromatic rings. The Kier molecular flexibility index (Phi) is 7.61. The monoisotopic (exact) mass is 464 g/mol. The van der Waals surface area contributed by atoms with E-state index in [-0.39, 0.29) is 12.3 Å². The maximum absolute atomic E-state index is 12.7. The number of carbonyl (C=O) groups is 3. The van der Waals surface area contributed by atoms with E-state index in [9.17, 15) is 19.5 Å². The van der Waals surface area contributed by atoms with Crippen molar-refractivity contribution in [3.05, 3.63) is 67.0 Å². The largest absolute Gasteiger partial charge is 0.480 e. The maximum Gasteiger partial charge on any atom is 0.326 e. The van der Waals surface area contributed by atoms with Crippen molar-refractivity contribution in [1.82, 2.24) is 15.5 Å². The average Bonchev–Trinajstić information content (AvgIpc) is 3.30. The molecule has 2 aromatic carbocycles. The van der Waals surface area contributed by atoms with Crippen LogP contribution in [0.3, 0.4) is 0 Å². The number of carboxylic acid groups (broad SMARTS) is 1. The van der Waals surface area contributed by atoms with Crippen LogP contribution in [0.4, 0.5) is 5.69 Å². The number of hydrogen-bond donors (Lipinski definition) is 3. The van der Waals surface area contributed by atoms with Gasteiger partial charge in [0.1, 0.15) is 12.1 Å². The van der Waals surface area contributed by atoms with E-state index in [0.717, 1.165) is 16.8 Å². The van der Waals surface area contributed by atoms with Crippen LogP contribution in [-0.4, -0.2) is 53.6 Å². The Morgan fingerprint density at radius 2 is 1.59 bits per heavy atom. The van der Waals surface area contributed by atoms with E-state index in [2.05, 4.69) is 10.6 Å². The van der Waals surface area contributed by atoms with Gasteiger partial charge in [0.15, 0.2) is 0 Å². The van der Waals surface area contributed by atoms with Gasteiger partial charge >= 0.3 is 5.97 Å². The zero-order chi connectivity index (χ0) is 24.9. The lowest BCUT2D eigenvalue weighted by Crippen LogP contribution is -2.54. The lowest BCUT2D eigenvalue weighted by Gasteiger charge is -2.31. The topological polar surface area (TPSA) is 102 Å². The molecule has 1 aliphatic rings. The van der Waals surface area contributed by atoms with Gasteiger partial charge in [-0.2, -0.15) is 0 Å². The fraction of sp³-hybridized carbons (Fsp3) is 0.346. The third-order valence-corrected chi connectivity index (χ3v) is 5.80. The van der Waals surface area contributed by atoms with Gasteiger partial charge in [-0.15, -0.1) is 0 Å². The second kappa shape index (κ2) is 10.4. The third kappa shape index (κ3) is 5.95. The molecule has 0 bridgehead atoms. The zero-order valence-electron chi connectivity index (χ0n) is 20.0. The summed E-state index contributed by atoms with van der Waals surface area (Å²) in [4.78, 5) is 40.4. The molecule has 0 saturated carbocycles. The molecule has 8 nitrogen and oxygen atoms in total. The van der Waals surface area contributed by atoms with Crippen LogP contribution in [-0.2, 0) is 14.4 Å². The summed E-state index contributed by atoms with van der Waals surface area (Å²) in [6.45, 7) is 5.82. The number of anilines is 1. The molecule has 2 atom stereocenters. The van der Waals surface area contributed by atoms with Gasteiger partial charge < -0.3 is 25.5 Å². The predicted octanol–water partition coefficient (Wildman–Crippen LogP) is 3.02. The Balaban J connectivity index is 1.65. The first-order valence-electron chi connectivity index (χ1n) is 11.2. The van der Waals surface area contributed by atoms with Gasteiger partial charge in [0.05, 0.1) is 13.1 Å². The van der Waals surface area contributed by atoms with Crippen molar-refractivity contribution >= 4 is 23.5 Å². The Morgan fingerprint density at radius 1 is 0.971 bits per heavy atom. The number of benzene rings is 2. The number of aliphatic carboxylic acids is 1. The molecule has 34 heavy (non-hydrogen) atoms. The summed E-state index contributed by atoms with van der Waals surface area (Å²) in [5.41, 5.74) is 2.60. The summed E-state index contributed by atoms with van der Waals surface area (Å²) in [5, 5.41) is 15.0. The summed E-state index contributed by atoms with van der Waals surface area (Å²) in [6, 6.07) is 16.2. The summed E-state index contributed by atoms with van der Waals surface area (Å²) in [5.74, 6) is -1.91. The van der Waals surface area contributed by atoms with Crippen LogP contribution >= 0.6 is 0 Å². The standard InChI is InChI=1S/C26H32N4O4/c1-26(2,3)23(24(32)27-4)28-22(31)16-21(25(33)34)30-15-14-29(17-30)20-12-10-19(11-13-20)18-8-6-5-7-9-18/h5-15,21,23H,16-17H2,1-4H3,(H,27,32)(H,28,31)(H,33,34)/t21?,23-/m1/s1. The first kappa shape index (κ1) is 24.8. The highest BCUT2D eigenvalue weighted by molar-refractivity contribution is 5.90. The molecular weight excluding hydrogens is 432 g/mol. The highest BCUT2D eigenvalue weighted by atomic mass is 16.4. The number of nitrogens with one attached hydrogen (secondary N) is 2. The van der Waals surface area contributed by atoms with Crippen molar-refractivity contribution in [3.8, 4) is 11.1 Å². The van der Waals surface area contributed by atoms with Crippen molar-refractivity contribution in [2.45, 2.75) is 39.3 Å². The van der Waals surface area contributed by atoms with Crippen LogP contribution < -0.4 is 15.5 Å². The summed E-state index contributed by atoms with van der Waals surface area (Å²) < 4.78 is 0. The second-order valence-electron chi connectivity index (χ2n) is 9.38. The van der Waals surface area contributed by atoms with Crippen LogP contribution in [0.1, 0.15) is 27.2 Å². The minimum absolute atomic E-state index is 0.274. The van der Waals surface area contributed by atoms with E-state index in [1.54, 1.807) is 17.3 Å². The SMILES string of the molecule is CNC(=O)[C@@H](NC(=O)CC(C(=O)O)N1C=CN(c2ccc(-c3ccccc3)cc2)C1)C(C)(C)C. The van der Waals surface area contributed by atoms with Gasteiger partial charge in [0.25, 0.3) is 0 Å².